The maximum absolute atomic E-state index is 12.3. The molecule has 1 fully saturated rings. The van der Waals surface area contributed by atoms with E-state index in [1.165, 1.54) is 0 Å². The fourth-order valence-corrected chi connectivity index (χ4v) is 2.97. The average molecular weight is 309 g/mol. The number of hydrogen-bond acceptors (Lipinski definition) is 4. The van der Waals surface area contributed by atoms with Crippen LogP contribution in [0, 0.1) is 0 Å². The molecule has 7 heteroatoms. The minimum atomic E-state index is -0.00221. The minimum Gasteiger partial charge on any atom is -0.392 e. The second-order valence-corrected chi connectivity index (χ2v) is 5.93. The van der Waals surface area contributed by atoms with E-state index in [-0.39, 0.29) is 11.9 Å². The number of carbonyl (C=O) groups is 1. The predicted octanol–water partition coefficient (Wildman–Crippen LogP) is 0.633. The van der Waals surface area contributed by atoms with Gasteiger partial charge in [-0.05, 0) is 6.42 Å². The lowest BCUT2D eigenvalue weighted by molar-refractivity contribution is 0.0603. The highest BCUT2D eigenvalue weighted by Gasteiger charge is 2.28. The number of imidazole rings is 1. The molecule has 1 unspecified atom stereocenters. The van der Waals surface area contributed by atoms with Crippen LogP contribution in [-0.2, 0) is 7.05 Å². The molecule has 2 rings (SSSR count). The summed E-state index contributed by atoms with van der Waals surface area (Å²) in [6, 6.07) is 0.150. The Morgan fingerprint density at radius 2 is 2.10 bits per heavy atom. The number of thiocarbonyl (C=S) groups is 1. The van der Waals surface area contributed by atoms with Gasteiger partial charge in [-0.3, -0.25) is 9.69 Å². The lowest BCUT2D eigenvalue weighted by Gasteiger charge is -2.38. The zero-order chi connectivity index (χ0) is 15.4. The van der Waals surface area contributed by atoms with Crippen LogP contribution in [0.5, 0.6) is 0 Å². The van der Waals surface area contributed by atoms with E-state index in [2.05, 4.69) is 16.8 Å². The summed E-state index contributed by atoms with van der Waals surface area (Å²) in [7, 11) is 1.86. The number of nitrogens with zero attached hydrogens (tertiary/aromatic N) is 4. The molecular weight excluding hydrogens is 286 g/mol. The number of carbonyl (C=O) groups excluding carboxylic acids is 1. The molecule has 1 aliphatic heterocycles. The highest BCUT2D eigenvalue weighted by atomic mass is 32.1. The van der Waals surface area contributed by atoms with Crippen LogP contribution in [0.25, 0.3) is 0 Å². The molecule has 0 radical (unpaired) electrons. The van der Waals surface area contributed by atoms with Crippen LogP contribution in [0.2, 0.25) is 0 Å². The molecule has 1 aliphatic rings. The van der Waals surface area contributed by atoms with E-state index in [1.807, 2.05) is 11.9 Å². The molecule has 21 heavy (non-hydrogen) atoms. The topological polar surface area (TPSA) is 67.4 Å². The smallest absolute Gasteiger partial charge is 0.274 e. The van der Waals surface area contributed by atoms with Gasteiger partial charge in [0.05, 0.1) is 17.4 Å². The summed E-state index contributed by atoms with van der Waals surface area (Å²) in [6.45, 7) is 5.13. The third-order valence-electron chi connectivity index (χ3n) is 3.86. The van der Waals surface area contributed by atoms with E-state index in [1.54, 1.807) is 17.1 Å². The van der Waals surface area contributed by atoms with E-state index < -0.39 is 0 Å². The van der Waals surface area contributed by atoms with Gasteiger partial charge in [-0.2, -0.15) is 0 Å². The van der Waals surface area contributed by atoms with Crippen molar-refractivity contribution in [2.75, 3.05) is 26.2 Å². The van der Waals surface area contributed by atoms with Gasteiger partial charge in [0.15, 0.2) is 0 Å². The lowest BCUT2D eigenvalue weighted by Crippen LogP contribution is -2.54. The van der Waals surface area contributed by atoms with Crippen LogP contribution < -0.4 is 5.73 Å². The standard InChI is InChI=1S/C14H23N5OS/c1-3-4-12(13(15)21)18-5-7-19(8-6-18)14(20)11-9-17(2)10-16-11/h9-10,12H,3-8H2,1-2H3,(H2,15,21). The molecule has 1 amide bonds. The van der Waals surface area contributed by atoms with Crippen molar-refractivity contribution in [1.29, 1.82) is 0 Å². The molecule has 1 aromatic rings. The van der Waals surface area contributed by atoms with Crippen molar-refractivity contribution in [3.63, 3.8) is 0 Å². The van der Waals surface area contributed by atoms with Gasteiger partial charge in [0.25, 0.3) is 5.91 Å². The van der Waals surface area contributed by atoms with Gasteiger partial charge in [-0.1, -0.05) is 25.6 Å². The Hall–Kier alpha value is -1.47. The number of piperazine rings is 1. The van der Waals surface area contributed by atoms with Crippen molar-refractivity contribution >= 4 is 23.1 Å². The molecule has 2 N–H and O–H groups in total. The zero-order valence-electron chi connectivity index (χ0n) is 12.7. The summed E-state index contributed by atoms with van der Waals surface area (Å²) in [5, 5.41) is 0. The van der Waals surface area contributed by atoms with Crippen LogP contribution in [0.15, 0.2) is 12.5 Å². The molecule has 0 bridgehead atoms. The molecular formula is C14H23N5OS. The van der Waals surface area contributed by atoms with Crippen molar-refractivity contribution < 1.29 is 4.79 Å². The van der Waals surface area contributed by atoms with E-state index in [0.717, 1.165) is 25.9 Å². The van der Waals surface area contributed by atoms with Gasteiger partial charge in [-0.15, -0.1) is 0 Å². The first-order valence-corrected chi connectivity index (χ1v) is 7.74. The maximum Gasteiger partial charge on any atom is 0.274 e. The van der Waals surface area contributed by atoms with Gasteiger partial charge in [-0.25, -0.2) is 4.98 Å². The van der Waals surface area contributed by atoms with E-state index in [9.17, 15) is 4.79 Å². The van der Waals surface area contributed by atoms with Crippen molar-refractivity contribution in [3.05, 3.63) is 18.2 Å². The first-order chi connectivity index (χ1) is 10.0. The summed E-state index contributed by atoms with van der Waals surface area (Å²) in [5.41, 5.74) is 6.34. The molecule has 0 aliphatic carbocycles. The molecule has 0 spiro atoms. The largest absolute Gasteiger partial charge is 0.392 e. The van der Waals surface area contributed by atoms with Crippen LogP contribution >= 0.6 is 12.2 Å². The Kier molecular flexibility index (Phi) is 5.30. The maximum atomic E-state index is 12.3. The van der Waals surface area contributed by atoms with Crippen molar-refractivity contribution in [2.45, 2.75) is 25.8 Å². The van der Waals surface area contributed by atoms with Crippen molar-refractivity contribution in [3.8, 4) is 0 Å². The summed E-state index contributed by atoms with van der Waals surface area (Å²) < 4.78 is 1.79. The van der Waals surface area contributed by atoms with Gasteiger partial charge >= 0.3 is 0 Å². The SMILES string of the molecule is CCCC(C(N)=S)N1CCN(C(=O)c2cn(C)cn2)CC1. The van der Waals surface area contributed by atoms with Crippen LogP contribution in [0.4, 0.5) is 0 Å². The number of hydrogen-bond donors (Lipinski definition) is 1. The predicted molar refractivity (Wildman–Crippen MR) is 86.2 cm³/mol. The Morgan fingerprint density at radius 3 is 2.57 bits per heavy atom. The van der Waals surface area contributed by atoms with Gasteiger partial charge in [0.2, 0.25) is 0 Å². The summed E-state index contributed by atoms with van der Waals surface area (Å²) in [4.78, 5) is 21.1. The van der Waals surface area contributed by atoms with E-state index in [4.69, 9.17) is 18.0 Å². The highest BCUT2D eigenvalue weighted by molar-refractivity contribution is 7.80. The van der Waals surface area contributed by atoms with Crippen LogP contribution in [0.3, 0.4) is 0 Å². The van der Waals surface area contributed by atoms with Crippen LogP contribution in [0.1, 0.15) is 30.3 Å². The Labute approximate surface area is 130 Å². The first kappa shape index (κ1) is 15.9. The van der Waals surface area contributed by atoms with Crippen molar-refractivity contribution in [2.24, 2.45) is 12.8 Å². The minimum absolute atomic E-state index is 0.00221. The molecule has 2 heterocycles. The highest BCUT2D eigenvalue weighted by Crippen LogP contribution is 2.13. The fraction of sp³-hybridized carbons (Fsp3) is 0.643. The molecule has 0 saturated carbocycles. The average Bonchev–Trinajstić information content (AvgIpc) is 2.90. The molecule has 1 aromatic heterocycles. The van der Waals surface area contributed by atoms with Crippen molar-refractivity contribution in [1.82, 2.24) is 19.4 Å². The third kappa shape index (κ3) is 3.79. The summed E-state index contributed by atoms with van der Waals surface area (Å²) in [5.74, 6) is -0.00221. The third-order valence-corrected chi connectivity index (χ3v) is 4.13. The quantitative estimate of drug-likeness (QED) is 0.808. The van der Waals surface area contributed by atoms with E-state index >= 15 is 0 Å². The second-order valence-electron chi connectivity index (χ2n) is 5.46. The summed E-state index contributed by atoms with van der Waals surface area (Å²) in [6.07, 6.45) is 5.43. The monoisotopic (exact) mass is 309 g/mol. The number of nitrogens with two attached hydrogens (primary N) is 1. The Balaban J connectivity index is 1.93. The van der Waals surface area contributed by atoms with Gasteiger partial charge < -0.3 is 15.2 Å². The van der Waals surface area contributed by atoms with E-state index in [0.29, 0.717) is 23.8 Å². The molecule has 0 aromatic carbocycles. The molecule has 1 saturated heterocycles. The number of rotatable bonds is 5. The molecule has 1 atom stereocenters. The molecule has 116 valence electrons. The number of aryl methyl sites for hydroxylation is 1. The number of amides is 1. The Bertz CT molecular complexity index is 507. The lowest BCUT2D eigenvalue weighted by atomic mass is 10.1. The summed E-state index contributed by atoms with van der Waals surface area (Å²) >= 11 is 5.17. The zero-order valence-corrected chi connectivity index (χ0v) is 13.5. The fourth-order valence-electron chi connectivity index (χ4n) is 2.70. The first-order valence-electron chi connectivity index (χ1n) is 7.33. The van der Waals surface area contributed by atoms with Gasteiger partial charge in [0, 0.05) is 39.4 Å². The van der Waals surface area contributed by atoms with Gasteiger partial charge in [0.1, 0.15) is 5.69 Å². The Morgan fingerprint density at radius 1 is 1.43 bits per heavy atom. The van der Waals surface area contributed by atoms with Crippen LogP contribution in [-0.4, -0.2) is 62.5 Å². The number of aromatic nitrogens is 2. The normalized spacial score (nSPS) is 17.7. The molecule has 6 nitrogen and oxygen atoms in total. The second kappa shape index (κ2) is 7.00.